The molecule has 0 radical (unpaired) electrons. The lowest BCUT2D eigenvalue weighted by atomic mass is 10.1. The molecule has 2 nitrogen and oxygen atoms in total. The molecular weight excluding hydrogens is 270 g/mol. The zero-order valence-electron chi connectivity index (χ0n) is 13.8. The highest BCUT2D eigenvalue weighted by atomic mass is 16.2. The van der Waals surface area contributed by atoms with Crippen molar-refractivity contribution in [2.45, 2.75) is 40.0 Å². The van der Waals surface area contributed by atoms with Crippen molar-refractivity contribution in [1.82, 2.24) is 0 Å². The van der Waals surface area contributed by atoms with E-state index in [1.165, 1.54) is 11.1 Å². The average Bonchev–Trinajstić information content (AvgIpc) is 2.55. The van der Waals surface area contributed by atoms with Gasteiger partial charge in [-0.05, 0) is 49.6 Å². The number of carbonyl (C=O) groups excluding carboxylic acids is 1. The first-order valence-corrected chi connectivity index (χ1v) is 8.08. The van der Waals surface area contributed by atoms with E-state index in [2.05, 4.69) is 32.9 Å². The van der Waals surface area contributed by atoms with Crippen LogP contribution < -0.4 is 4.90 Å². The van der Waals surface area contributed by atoms with Crippen LogP contribution in [-0.2, 0) is 0 Å². The lowest BCUT2D eigenvalue weighted by molar-refractivity contribution is 0.0986. The molecule has 2 aromatic rings. The van der Waals surface area contributed by atoms with Gasteiger partial charge in [-0.1, -0.05) is 50.1 Å². The maximum atomic E-state index is 12.9. The van der Waals surface area contributed by atoms with Crippen molar-refractivity contribution in [1.29, 1.82) is 0 Å². The van der Waals surface area contributed by atoms with Gasteiger partial charge in [-0.25, -0.2) is 0 Å². The molecule has 0 saturated heterocycles. The van der Waals surface area contributed by atoms with Gasteiger partial charge in [0.05, 0.1) is 0 Å². The molecule has 22 heavy (non-hydrogen) atoms. The zero-order chi connectivity index (χ0) is 15.9. The Balaban J connectivity index is 2.34. The van der Waals surface area contributed by atoms with Crippen molar-refractivity contribution in [3.8, 4) is 0 Å². The third-order valence-electron chi connectivity index (χ3n) is 4.12. The molecule has 0 spiro atoms. The van der Waals surface area contributed by atoms with Crippen molar-refractivity contribution >= 4 is 11.6 Å². The van der Waals surface area contributed by atoms with Crippen LogP contribution in [0.4, 0.5) is 5.69 Å². The molecule has 0 heterocycles. The minimum atomic E-state index is 0.0883. The second-order valence-electron chi connectivity index (χ2n) is 5.75. The second kappa shape index (κ2) is 7.79. The first kappa shape index (κ1) is 16.3. The van der Waals surface area contributed by atoms with E-state index in [1.807, 2.05) is 41.3 Å². The Morgan fingerprint density at radius 1 is 0.955 bits per heavy atom. The topological polar surface area (TPSA) is 20.3 Å². The molecule has 1 amide bonds. The summed E-state index contributed by atoms with van der Waals surface area (Å²) in [5.41, 5.74) is 4.19. The molecule has 0 aromatic heterocycles. The number of hydrogen-bond acceptors (Lipinski definition) is 1. The van der Waals surface area contributed by atoms with E-state index in [1.54, 1.807) is 0 Å². The van der Waals surface area contributed by atoms with Crippen LogP contribution in [0.2, 0.25) is 0 Å². The smallest absolute Gasteiger partial charge is 0.258 e. The van der Waals surface area contributed by atoms with E-state index in [4.69, 9.17) is 0 Å². The Bertz CT molecular complexity index is 619. The molecule has 116 valence electrons. The Hall–Kier alpha value is -2.09. The zero-order valence-corrected chi connectivity index (χ0v) is 13.8. The van der Waals surface area contributed by atoms with Gasteiger partial charge in [-0.15, -0.1) is 0 Å². The molecule has 2 aromatic carbocycles. The third kappa shape index (κ3) is 3.76. The maximum absolute atomic E-state index is 12.9. The lowest BCUT2D eigenvalue weighted by Gasteiger charge is -2.25. The number of benzene rings is 2. The van der Waals surface area contributed by atoms with Gasteiger partial charge in [0.2, 0.25) is 0 Å². The molecule has 0 aliphatic heterocycles. The summed E-state index contributed by atoms with van der Waals surface area (Å²) < 4.78 is 0. The fourth-order valence-electron chi connectivity index (χ4n) is 2.62. The van der Waals surface area contributed by atoms with Crippen LogP contribution in [0.15, 0.2) is 48.5 Å². The van der Waals surface area contributed by atoms with Gasteiger partial charge >= 0.3 is 0 Å². The number of rotatable bonds is 6. The number of unbranched alkanes of at least 4 members (excludes halogenated alkanes) is 2. The van der Waals surface area contributed by atoms with Crippen LogP contribution >= 0.6 is 0 Å². The Kier molecular flexibility index (Phi) is 5.76. The van der Waals surface area contributed by atoms with E-state index in [-0.39, 0.29) is 5.91 Å². The summed E-state index contributed by atoms with van der Waals surface area (Å²) in [5.74, 6) is 0.0883. The summed E-state index contributed by atoms with van der Waals surface area (Å²) in [6.07, 6.45) is 3.33. The Morgan fingerprint density at radius 3 is 2.36 bits per heavy atom. The third-order valence-corrected chi connectivity index (χ3v) is 4.12. The summed E-state index contributed by atoms with van der Waals surface area (Å²) in [7, 11) is 0. The normalized spacial score (nSPS) is 10.5. The number of nitrogens with zero attached hydrogens (tertiary/aromatic N) is 1. The van der Waals surface area contributed by atoms with E-state index in [9.17, 15) is 4.79 Å². The van der Waals surface area contributed by atoms with Gasteiger partial charge in [0.1, 0.15) is 0 Å². The van der Waals surface area contributed by atoms with Gasteiger partial charge in [0, 0.05) is 17.8 Å². The van der Waals surface area contributed by atoms with Gasteiger partial charge in [-0.2, -0.15) is 0 Å². The van der Waals surface area contributed by atoms with Crippen molar-refractivity contribution in [3.05, 3.63) is 65.2 Å². The molecule has 0 N–H and O–H groups in total. The number of aryl methyl sites for hydroxylation is 1. The highest BCUT2D eigenvalue weighted by Gasteiger charge is 2.19. The molecule has 2 rings (SSSR count). The fourth-order valence-corrected chi connectivity index (χ4v) is 2.62. The van der Waals surface area contributed by atoms with Gasteiger partial charge in [0.25, 0.3) is 5.91 Å². The lowest BCUT2D eigenvalue weighted by Crippen LogP contribution is -2.32. The average molecular weight is 295 g/mol. The maximum Gasteiger partial charge on any atom is 0.258 e. The molecular formula is C20H25NO. The summed E-state index contributed by atoms with van der Waals surface area (Å²) in [6.45, 7) is 7.14. The first-order valence-electron chi connectivity index (χ1n) is 8.08. The minimum absolute atomic E-state index is 0.0883. The van der Waals surface area contributed by atoms with Gasteiger partial charge in [-0.3, -0.25) is 4.79 Å². The number of amides is 1. The quantitative estimate of drug-likeness (QED) is 0.676. The molecule has 0 saturated carbocycles. The van der Waals surface area contributed by atoms with Crippen LogP contribution in [0.5, 0.6) is 0 Å². The van der Waals surface area contributed by atoms with Crippen molar-refractivity contribution in [3.63, 3.8) is 0 Å². The summed E-state index contributed by atoms with van der Waals surface area (Å²) in [4.78, 5) is 14.9. The molecule has 0 fully saturated rings. The highest BCUT2D eigenvalue weighted by molar-refractivity contribution is 6.06. The Labute approximate surface area is 133 Å². The molecule has 0 bridgehead atoms. The summed E-state index contributed by atoms with van der Waals surface area (Å²) in [6, 6.07) is 15.7. The van der Waals surface area contributed by atoms with E-state index >= 15 is 0 Å². The van der Waals surface area contributed by atoms with Crippen molar-refractivity contribution in [2.75, 3.05) is 11.4 Å². The fraction of sp³-hybridized carbons (Fsp3) is 0.350. The first-order chi connectivity index (χ1) is 10.6. The molecule has 0 unspecified atom stereocenters. The van der Waals surface area contributed by atoms with Crippen LogP contribution in [0.1, 0.15) is 47.7 Å². The molecule has 0 atom stereocenters. The second-order valence-corrected chi connectivity index (χ2v) is 5.75. The van der Waals surface area contributed by atoms with Crippen molar-refractivity contribution < 1.29 is 4.79 Å². The Morgan fingerprint density at radius 2 is 1.68 bits per heavy atom. The summed E-state index contributed by atoms with van der Waals surface area (Å²) >= 11 is 0. The van der Waals surface area contributed by atoms with Crippen molar-refractivity contribution in [2.24, 2.45) is 0 Å². The number of anilines is 1. The highest BCUT2D eigenvalue weighted by Crippen LogP contribution is 2.25. The molecule has 2 heteroatoms. The number of carbonyl (C=O) groups is 1. The van der Waals surface area contributed by atoms with Crippen LogP contribution in [0.25, 0.3) is 0 Å². The number of hydrogen-bond donors (Lipinski definition) is 0. The predicted octanol–water partition coefficient (Wildman–Crippen LogP) is 5.14. The molecule has 0 aliphatic carbocycles. The largest absolute Gasteiger partial charge is 0.308 e. The molecule has 0 aliphatic rings. The van der Waals surface area contributed by atoms with Gasteiger partial charge < -0.3 is 4.90 Å². The van der Waals surface area contributed by atoms with Gasteiger partial charge in [0.15, 0.2) is 0 Å². The monoisotopic (exact) mass is 295 g/mol. The standard InChI is InChI=1S/C20H25NO/c1-4-5-9-15-21(19-14-10-11-16(2)17(19)3)20(22)18-12-7-6-8-13-18/h6-8,10-14H,4-5,9,15H2,1-3H3. The van der Waals surface area contributed by atoms with Crippen LogP contribution in [0, 0.1) is 13.8 Å². The van der Waals surface area contributed by atoms with E-state index in [0.717, 1.165) is 37.1 Å². The van der Waals surface area contributed by atoms with Crippen LogP contribution in [0.3, 0.4) is 0 Å². The minimum Gasteiger partial charge on any atom is -0.308 e. The predicted molar refractivity (Wildman–Crippen MR) is 93.6 cm³/mol. The summed E-state index contributed by atoms with van der Waals surface area (Å²) in [5, 5.41) is 0. The van der Waals surface area contributed by atoms with Crippen LogP contribution in [-0.4, -0.2) is 12.5 Å². The SMILES string of the molecule is CCCCCN(C(=O)c1ccccc1)c1cccc(C)c1C. The van der Waals surface area contributed by atoms with E-state index < -0.39 is 0 Å². The van der Waals surface area contributed by atoms with E-state index in [0.29, 0.717) is 0 Å².